The average molecular weight is 248 g/mol. The van der Waals surface area contributed by atoms with Gasteiger partial charge in [0.2, 0.25) is 5.91 Å². The van der Waals surface area contributed by atoms with Crippen molar-refractivity contribution in [2.45, 2.75) is 57.0 Å². The van der Waals surface area contributed by atoms with E-state index >= 15 is 0 Å². The summed E-state index contributed by atoms with van der Waals surface area (Å²) >= 11 is 0. The molecule has 5 rings (SSSR count). The van der Waals surface area contributed by atoms with Crippen LogP contribution in [-0.4, -0.2) is 18.0 Å². The van der Waals surface area contributed by atoms with Gasteiger partial charge in [0, 0.05) is 6.04 Å². The lowest BCUT2D eigenvalue weighted by atomic mass is 9.50. The molecule has 0 saturated heterocycles. The third-order valence-corrected chi connectivity index (χ3v) is 5.94. The fourth-order valence-electron chi connectivity index (χ4n) is 5.25. The molecule has 3 nitrogen and oxygen atoms in total. The zero-order valence-electron chi connectivity index (χ0n) is 11.0. The Labute approximate surface area is 109 Å². The standard InChI is InChI=1S/C15H24N2O/c16-14(15(18)17-12-1-2-12)13-10-4-8-3-9(6-10)7-11(13)5-8/h8-14H,1-7,16H2,(H,17,18). The molecule has 100 valence electrons. The Balaban J connectivity index is 1.48. The molecule has 5 saturated carbocycles. The van der Waals surface area contributed by atoms with Gasteiger partial charge in [0.15, 0.2) is 0 Å². The van der Waals surface area contributed by atoms with Gasteiger partial charge in [0.05, 0.1) is 6.04 Å². The highest BCUT2D eigenvalue weighted by molar-refractivity contribution is 5.82. The molecule has 1 amide bonds. The topological polar surface area (TPSA) is 55.1 Å². The van der Waals surface area contributed by atoms with Crippen molar-refractivity contribution in [1.29, 1.82) is 0 Å². The fraction of sp³-hybridized carbons (Fsp3) is 0.933. The minimum absolute atomic E-state index is 0.134. The Morgan fingerprint density at radius 1 is 1.00 bits per heavy atom. The molecule has 0 heterocycles. The van der Waals surface area contributed by atoms with E-state index in [0.717, 1.165) is 36.5 Å². The molecule has 1 unspecified atom stereocenters. The Morgan fingerprint density at radius 3 is 2.06 bits per heavy atom. The summed E-state index contributed by atoms with van der Waals surface area (Å²) in [4.78, 5) is 12.2. The first-order valence-corrected chi connectivity index (χ1v) is 7.76. The number of carbonyl (C=O) groups excluding carboxylic acids is 1. The third kappa shape index (κ3) is 1.78. The summed E-state index contributed by atoms with van der Waals surface area (Å²) in [5.41, 5.74) is 6.31. The zero-order valence-corrected chi connectivity index (χ0v) is 11.0. The Kier molecular flexibility index (Phi) is 2.48. The van der Waals surface area contributed by atoms with E-state index in [1.807, 2.05) is 0 Å². The van der Waals surface area contributed by atoms with Gasteiger partial charge in [-0.25, -0.2) is 0 Å². The molecule has 0 aromatic rings. The predicted molar refractivity (Wildman–Crippen MR) is 69.7 cm³/mol. The summed E-state index contributed by atoms with van der Waals surface area (Å²) < 4.78 is 0. The van der Waals surface area contributed by atoms with Gasteiger partial charge in [-0.2, -0.15) is 0 Å². The van der Waals surface area contributed by atoms with E-state index in [1.165, 1.54) is 32.1 Å². The number of rotatable bonds is 3. The first kappa shape index (κ1) is 11.3. The molecular formula is C15H24N2O. The summed E-state index contributed by atoms with van der Waals surface area (Å²) in [6, 6.07) is 0.209. The SMILES string of the molecule is NC(C(=O)NC1CC1)C1C2CC3CC(C2)CC1C3. The van der Waals surface area contributed by atoms with Crippen molar-refractivity contribution in [3.8, 4) is 0 Å². The largest absolute Gasteiger partial charge is 0.352 e. The maximum absolute atomic E-state index is 12.2. The smallest absolute Gasteiger partial charge is 0.237 e. The van der Waals surface area contributed by atoms with Gasteiger partial charge in [-0.1, -0.05) is 0 Å². The average Bonchev–Trinajstić information content (AvgIpc) is 3.11. The van der Waals surface area contributed by atoms with Gasteiger partial charge in [-0.05, 0) is 74.5 Å². The third-order valence-electron chi connectivity index (χ3n) is 5.94. The molecule has 18 heavy (non-hydrogen) atoms. The molecule has 5 fully saturated rings. The molecule has 3 heteroatoms. The van der Waals surface area contributed by atoms with Crippen LogP contribution >= 0.6 is 0 Å². The van der Waals surface area contributed by atoms with E-state index < -0.39 is 0 Å². The fourth-order valence-corrected chi connectivity index (χ4v) is 5.25. The second kappa shape index (κ2) is 3.96. The van der Waals surface area contributed by atoms with Gasteiger partial charge >= 0.3 is 0 Å². The van der Waals surface area contributed by atoms with Crippen molar-refractivity contribution in [1.82, 2.24) is 5.32 Å². The second-order valence-corrected chi connectivity index (χ2v) is 7.32. The number of hydrogen-bond acceptors (Lipinski definition) is 2. The molecule has 0 aromatic heterocycles. The highest BCUT2D eigenvalue weighted by Crippen LogP contribution is 2.57. The summed E-state index contributed by atoms with van der Waals surface area (Å²) in [7, 11) is 0. The van der Waals surface area contributed by atoms with Crippen molar-refractivity contribution in [2.24, 2.45) is 35.3 Å². The second-order valence-electron chi connectivity index (χ2n) is 7.32. The van der Waals surface area contributed by atoms with Crippen LogP contribution in [0.3, 0.4) is 0 Å². The van der Waals surface area contributed by atoms with Gasteiger partial charge in [0.1, 0.15) is 0 Å². The molecule has 0 aliphatic heterocycles. The highest BCUT2D eigenvalue weighted by Gasteiger charge is 2.51. The van der Waals surface area contributed by atoms with E-state index in [-0.39, 0.29) is 11.9 Å². The van der Waals surface area contributed by atoms with E-state index in [0.29, 0.717) is 12.0 Å². The van der Waals surface area contributed by atoms with E-state index in [1.54, 1.807) is 0 Å². The first-order chi connectivity index (χ1) is 8.70. The van der Waals surface area contributed by atoms with E-state index in [2.05, 4.69) is 5.32 Å². The summed E-state index contributed by atoms with van der Waals surface area (Å²) in [6.07, 6.45) is 9.16. The normalized spacial score (nSPS) is 47.1. The van der Waals surface area contributed by atoms with Crippen LogP contribution in [0.15, 0.2) is 0 Å². The number of nitrogens with two attached hydrogens (primary N) is 1. The maximum atomic E-state index is 12.2. The number of nitrogens with one attached hydrogen (secondary N) is 1. The van der Waals surface area contributed by atoms with Crippen molar-refractivity contribution in [3.05, 3.63) is 0 Å². The monoisotopic (exact) mass is 248 g/mol. The van der Waals surface area contributed by atoms with Crippen LogP contribution < -0.4 is 11.1 Å². The van der Waals surface area contributed by atoms with Crippen molar-refractivity contribution < 1.29 is 4.79 Å². The van der Waals surface area contributed by atoms with Crippen molar-refractivity contribution in [3.63, 3.8) is 0 Å². The number of hydrogen-bond donors (Lipinski definition) is 2. The van der Waals surface area contributed by atoms with E-state index in [4.69, 9.17) is 5.73 Å². The van der Waals surface area contributed by atoms with Gasteiger partial charge in [-0.15, -0.1) is 0 Å². The van der Waals surface area contributed by atoms with Crippen LogP contribution in [0.1, 0.15) is 44.9 Å². The molecule has 0 radical (unpaired) electrons. The molecule has 1 atom stereocenters. The number of amides is 1. The number of carbonyl (C=O) groups is 1. The molecule has 0 spiro atoms. The molecular weight excluding hydrogens is 224 g/mol. The molecule has 3 N–H and O–H groups in total. The Bertz CT molecular complexity index is 336. The van der Waals surface area contributed by atoms with Gasteiger partial charge in [-0.3, -0.25) is 4.79 Å². The van der Waals surface area contributed by atoms with Crippen molar-refractivity contribution >= 4 is 5.91 Å². The Morgan fingerprint density at radius 2 is 1.56 bits per heavy atom. The summed E-state index contributed by atoms with van der Waals surface area (Å²) in [6.45, 7) is 0. The van der Waals surface area contributed by atoms with Crippen LogP contribution in [0.25, 0.3) is 0 Å². The zero-order chi connectivity index (χ0) is 12.3. The molecule has 5 aliphatic carbocycles. The Hall–Kier alpha value is -0.570. The van der Waals surface area contributed by atoms with Crippen molar-refractivity contribution in [2.75, 3.05) is 0 Å². The lowest BCUT2D eigenvalue weighted by Gasteiger charge is -2.55. The van der Waals surface area contributed by atoms with Gasteiger partial charge in [0.25, 0.3) is 0 Å². The molecule has 5 aliphatic rings. The quantitative estimate of drug-likeness (QED) is 0.798. The van der Waals surface area contributed by atoms with Gasteiger partial charge < -0.3 is 11.1 Å². The highest BCUT2D eigenvalue weighted by atomic mass is 16.2. The first-order valence-electron chi connectivity index (χ1n) is 7.76. The minimum atomic E-state index is -0.236. The van der Waals surface area contributed by atoms with Crippen LogP contribution in [0, 0.1) is 29.6 Å². The molecule has 4 bridgehead atoms. The maximum Gasteiger partial charge on any atom is 0.237 e. The van der Waals surface area contributed by atoms with Crippen LogP contribution in [-0.2, 0) is 4.79 Å². The summed E-state index contributed by atoms with van der Waals surface area (Å²) in [5, 5.41) is 3.10. The minimum Gasteiger partial charge on any atom is -0.352 e. The van der Waals surface area contributed by atoms with Crippen LogP contribution in [0.4, 0.5) is 0 Å². The van der Waals surface area contributed by atoms with Crippen LogP contribution in [0.2, 0.25) is 0 Å². The van der Waals surface area contributed by atoms with Crippen LogP contribution in [0.5, 0.6) is 0 Å². The van der Waals surface area contributed by atoms with E-state index in [9.17, 15) is 4.79 Å². The summed E-state index contributed by atoms with van der Waals surface area (Å²) in [5.74, 6) is 4.04. The lowest BCUT2D eigenvalue weighted by molar-refractivity contribution is -0.128. The lowest BCUT2D eigenvalue weighted by Crippen LogP contribution is -2.56. The predicted octanol–water partition coefficient (Wildman–Crippen LogP) is 1.66. The molecule has 0 aromatic carbocycles.